The van der Waals surface area contributed by atoms with Crippen LogP contribution in [0.15, 0.2) is 73.3 Å². The van der Waals surface area contributed by atoms with E-state index in [1.807, 2.05) is 34.8 Å². The summed E-state index contributed by atoms with van der Waals surface area (Å²) < 4.78 is 0. The largest absolute Gasteiger partial charge is 0.480 e. The Kier molecular flexibility index (Phi) is 37.7. The minimum Gasteiger partial charge on any atom is -0.480 e. The maximum absolute atomic E-state index is 14.8. The van der Waals surface area contributed by atoms with E-state index in [0.717, 1.165) is 0 Å². The lowest BCUT2D eigenvalue weighted by atomic mass is 9.86. The molecule has 2 aromatic carbocycles. The predicted molar refractivity (Wildman–Crippen MR) is 424 cm³/mol. The third kappa shape index (κ3) is 32.8. The number of aromatic nitrogens is 3. The number of amides is 11. The van der Waals surface area contributed by atoms with Crippen molar-refractivity contribution in [2.24, 2.45) is 22.8 Å². The molecule has 11 amide bonds. The Morgan fingerprint density at radius 1 is 0.570 bits per heavy atom. The van der Waals surface area contributed by atoms with E-state index in [0.29, 0.717) is 66.0 Å². The summed E-state index contributed by atoms with van der Waals surface area (Å²) in [6.45, 7) is 13.0. The number of carbonyl (C=O) groups excluding carboxylic acids is 11. The fourth-order valence-corrected chi connectivity index (χ4v) is 14.2. The lowest BCUT2D eigenvalue weighted by Crippen LogP contribution is -2.61. The van der Waals surface area contributed by atoms with Crippen LogP contribution in [0, 0.1) is 11.3 Å². The Bertz CT molecular complexity index is 3840. The van der Waals surface area contributed by atoms with Gasteiger partial charge in [0.2, 0.25) is 65.0 Å². The second-order valence-electron chi connectivity index (χ2n) is 30.7. The molecule has 0 spiro atoms. The number of nitrogens with one attached hydrogen (secondary N) is 11. The Labute approximate surface area is 667 Å². The van der Waals surface area contributed by atoms with E-state index in [2.05, 4.69) is 62.8 Å². The molecule has 628 valence electrons. The first-order valence-corrected chi connectivity index (χ1v) is 39.7. The molecule has 4 heterocycles. The first-order chi connectivity index (χ1) is 54.0. The van der Waals surface area contributed by atoms with E-state index in [1.54, 1.807) is 103 Å². The molecule has 8 atom stereocenters. The zero-order chi connectivity index (χ0) is 83.8. The summed E-state index contributed by atoms with van der Waals surface area (Å²) in [5.74, 6) is -10.4. The van der Waals surface area contributed by atoms with Gasteiger partial charge in [-0.1, -0.05) is 83.1 Å². The lowest BCUT2D eigenvalue weighted by Gasteiger charge is -2.34. The first kappa shape index (κ1) is 92.7. The maximum atomic E-state index is 14.8. The number of rotatable bonds is 43. The molecule has 0 unspecified atom stereocenters. The summed E-state index contributed by atoms with van der Waals surface area (Å²) in [4.78, 5) is 209. The Morgan fingerprint density at radius 3 is 1.62 bits per heavy atom. The van der Waals surface area contributed by atoms with Gasteiger partial charge in [-0.15, -0.1) is 11.8 Å². The van der Waals surface area contributed by atoms with E-state index in [9.17, 15) is 82.4 Å². The highest BCUT2D eigenvalue weighted by molar-refractivity contribution is 7.98. The zero-order valence-electron chi connectivity index (χ0n) is 66.3. The Hall–Kier alpha value is -10.1. The number of carbonyl (C=O) groups is 14. The van der Waals surface area contributed by atoms with Gasteiger partial charge in [-0.2, -0.15) is 0 Å². The van der Waals surface area contributed by atoms with Crippen LogP contribution in [-0.4, -0.2) is 320 Å². The van der Waals surface area contributed by atoms with Crippen molar-refractivity contribution in [3.63, 3.8) is 0 Å². The minimum absolute atomic E-state index is 0.0117. The van der Waals surface area contributed by atoms with Crippen LogP contribution >= 0.6 is 11.8 Å². The van der Waals surface area contributed by atoms with Crippen molar-refractivity contribution in [2.45, 2.75) is 154 Å². The molecule has 4 aromatic rings. The molecule has 2 aliphatic rings. The first-order valence-electron chi connectivity index (χ1n) is 38.3. The van der Waals surface area contributed by atoms with E-state index in [4.69, 9.17) is 11.5 Å². The number of para-hydroxylation sites is 1. The summed E-state index contributed by atoms with van der Waals surface area (Å²) in [5, 5.41) is 54.6. The monoisotopic (exact) mass is 1610 g/mol. The van der Waals surface area contributed by atoms with Crippen LogP contribution in [-0.2, 0) is 86.4 Å². The summed E-state index contributed by atoms with van der Waals surface area (Å²) >= 11 is 1.49. The summed E-state index contributed by atoms with van der Waals surface area (Å²) in [5.41, 5.74) is 12.7. The van der Waals surface area contributed by atoms with Crippen LogP contribution in [0.4, 0.5) is 0 Å². The molecule has 0 saturated carbocycles. The number of benzene rings is 2. The number of aromatic amines is 2. The number of imidazole rings is 1. The van der Waals surface area contributed by atoms with Crippen molar-refractivity contribution in [2.75, 3.05) is 123 Å². The number of carboxylic acids is 3. The van der Waals surface area contributed by atoms with Crippen LogP contribution in [0.3, 0.4) is 0 Å². The number of nitrogens with zero attached hydrogens (tertiary/aromatic N) is 7. The van der Waals surface area contributed by atoms with Crippen LogP contribution in [0.2, 0.25) is 0 Å². The number of thioether (sulfide) groups is 1. The fourth-order valence-electron chi connectivity index (χ4n) is 13.5. The van der Waals surface area contributed by atoms with Gasteiger partial charge in [-0.25, -0.2) is 4.98 Å². The molecule has 6 rings (SSSR count). The lowest BCUT2D eigenvalue weighted by molar-refractivity contribution is -0.140. The molecular formula is C76H116N20O17S. The van der Waals surface area contributed by atoms with Gasteiger partial charge in [0.15, 0.2) is 0 Å². The number of likely N-dealkylation sites (tertiary alicyclic amines) is 1. The number of H-pyrrole nitrogens is 2. The van der Waals surface area contributed by atoms with Gasteiger partial charge in [0.25, 0.3) is 0 Å². The fraction of sp³-hybridized carbons (Fsp3) is 0.592. The average Bonchev–Trinajstić information content (AvgIpc) is 1.62. The molecule has 18 N–H and O–H groups in total. The number of aliphatic carboxylic acids is 3. The van der Waals surface area contributed by atoms with Crippen molar-refractivity contribution in [1.82, 2.24) is 92.2 Å². The third-order valence-corrected chi connectivity index (χ3v) is 20.3. The normalized spacial score (nSPS) is 16.9. The van der Waals surface area contributed by atoms with Crippen molar-refractivity contribution in [3.05, 3.63) is 90.1 Å². The summed E-state index contributed by atoms with van der Waals surface area (Å²) in [6, 6.07) is 6.30. The molecule has 0 radical (unpaired) electrons. The van der Waals surface area contributed by atoms with E-state index in [1.165, 1.54) is 31.2 Å². The molecule has 2 aromatic heterocycles. The molecule has 114 heavy (non-hydrogen) atoms. The van der Waals surface area contributed by atoms with Crippen LogP contribution in [0.25, 0.3) is 10.9 Å². The second kappa shape index (κ2) is 46.3. The van der Waals surface area contributed by atoms with Gasteiger partial charge >= 0.3 is 17.9 Å². The van der Waals surface area contributed by atoms with Crippen LogP contribution in [0.1, 0.15) is 97.4 Å². The molecular weight excluding hydrogens is 1500 g/mol. The average molecular weight is 1610 g/mol. The molecule has 0 bridgehead atoms. The number of hydrogen-bond acceptors (Lipinski definition) is 22. The standard InChI is InChI=1S/C76H116N20O17S/c1-47(2)32-54(39-96(46-114-8)49(4)69(78)107)85-73(111)60(35-53-37-79-45-82-53)86-62(98)38-81-75(113)68(76(5,6)7)90-70(108)48(3)83-72(110)59(34-51-36-80-56-17-13-12-16-55(51)56)89-71(109)57(18-19-61(77)97)88-74(112)58(33-50-14-10-9-11-15-50)87-64(100)41-91-22-20-52(21-23-91)84-63(99)40-92-24-26-93(42-65(101)102)28-30-95(44-67(105)106)31-29-94(27-25-92)43-66(103)104/h9-17,36-37,45,47-49,52,54,57-60,68,80H,18-35,38-44,46H2,1-8H3,(H2,77,97)(H2,78,107)(H,79,82)(H,81,113)(H,83,110)(H,84,99)(H,85,111)(H,86,98)(H,87,100)(H,88,112)(H,89,109)(H,90,108)(H,101,102)(H,103,104)(H,105,106)/t48-,49-,54-,57-,58+,59-,60-,68+/m0/s1. The maximum Gasteiger partial charge on any atom is 0.317 e. The number of hydrogen-bond donors (Lipinski definition) is 16. The third-order valence-electron chi connectivity index (χ3n) is 19.7. The van der Waals surface area contributed by atoms with Gasteiger partial charge in [0.1, 0.15) is 36.3 Å². The molecule has 37 nitrogen and oxygen atoms in total. The highest BCUT2D eigenvalue weighted by atomic mass is 32.2. The van der Waals surface area contributed by atoms with Crippen LogP contribution in [0.5, 0.6) is 0 Å². The van der Waals surface area contributed by atoms with Gasteiger partial charge in [0.05, 0.1) is 51.6 Å². The van der Waals surface area contributed by atoms with Crippen molar-refractivity contribution < 1.29 is 82.4 Å². The van der Waals surface area contributed by atoms with Gasteiger partial charge in [-0.05, 0) is 74.3 Å². The molecule has 2 saturated heterocycles. The van der Waals surface area contributed by atoms with Gasteiger partial charge < -0.3 is 84.6 Å². The molecule has 2 fully saturated rings. The highest BCUT2D eigenvalue weighted by Crippen LogP contribution is 2.22. The predicted octanol–water partition coefficient (Wildman–Crippen LogP) is -2.64. The summed E-state index contributed by atoms with van der Waals surface area (Å²) in [6.07, 6.45) is 6.83. The van der Waals surface area contributed by atoms with Crippen LogP contribution < -0.4 is 59.3 Å². The van der Waals surface area contributed by atoms with Gasteiger partial charge in [-0.3, -0.25) is 96.5 Å². The Morgan fingerprint density at radius 2 is 1.08 bits per heavy atom. The molecule has 38 heteroatoms. The SMILES string of the molecule is CSCN(C[C@H](CC(C)C)NC(=O)[C@H](Cc1cnc[nH]1)NC(=O)CNC(=O)[C@@H](NC(=O)[C@H](C)NC(=O)[C@H](Cc1c[nH]c2ccccc12)NC(=O)[C@H](CCC(N)=O)NC(=O)[C@@H](Cc1ccccc1)NC(=O)CN1CCC(NC(=O)CN2CCN(CC(=O)O)CCN(CC(=O)O)CCN(CC(=O)O)CC2)CC1)C(C)(C)C)[C@@H](C)C(N)=O. The van der Waals surface area contributed by atoms with E-state index < -0.39 is 144 Å². The molecule has 0 aliphatic carbocycles. The topological polar surface area (TPSA) is 524 Å². The number of fused-ring (bicyclic) bond motifs is 1. The summed E-state index contributed by atoms with van der Waals surface area (Å²) in [7, 11) is 0. The number of primary amides is 2. The highest BCUT2D eigenvalue weighted by Gasteiger charge is 2.38. The van der Waals surface area contributed by atoms with Crippen molar-refractivity contribution in [3.8, 4) is 0 Å². The quantitative estimate of drug-likeness (QED) is 0.0201. The van der Waals surface area contributed by atoms with E-state index >= 15 is 0 Å². The smallest absolute Gasteiger partial charge is 0.317 e. The second-order valence-corrected chi connectivity index (χ2v) is 31.5. The number of piperidine rings is 1. The van der Waals surface area contributed by atoms with E-state index in [-0.39, 0.29) is 135 Å². The number of carboxylic acid groups (broad SMARTS) is 3. The number of nitrogens with two attached hydrogens (primary N) is 2. The van der Waals surface area contributed by atoms with Crippen molar-refractivity contribution >= 4 is 106 Å². The minimum atomic E-state index is -1.54. The molecule has 2 aliphatic heterocycles. The van der Waals surface area contributed by atoms with Crippen molar-refractivity contribution in [1.29, 1.82) is 0 Å². The Balaban J connectivity index is 1.11. The zero-order valence-corrected chi connectivity index (χ0v) is 67.2. The van der Waals surface area contributed by atoms with Gasteiger partial charge in [0, 0.05) is 145 Å².